The van der Waals surface area contributed by atoms with Crippen molar-refractivity contribution in [2.75, 3.05) is 31.6 Å². The third-order valence-corrected chi connectivity index (χ3v) is 5.74. The normalized spacial score (nSPS) is 20.3. The summed E-state index contributed by atoms with van der Waals surface area (Å²) in [6.45, 7) is 6.28. The highest BCUT2D eigenvalue weighted by Crippen LogP contribution is 2.35. The van der Waals surface area contributed by atoms with Crippen LogP contribution < -0.4 is 19.7 Å². The van der Waals surface area contributed by atoms with E-state index in [1.807, 2.05) is 0 Å². The molecule has 0 fully saturated rings. The lowest BCUT2D eigenvalue weighted by atomic mass is 9.93. The molecule has 0 saturated heterocycles. The number of ketones is 1. The smallest absolute Gasteiger partial charge is 0.279 e. The molecule has 2 aromatic rings. The number of fused-ring (bicyclic) bond motifs is 2. The van der Waals surface area contributed by atoms with E-state index >= 15 is 0 Å². The number of carbonyl (C=O) groups is 2. The zero-order valence-corrected chi connectivity index (χ0v) is 16.9. The number of hydrogen-bond donors (Lipinski definition) is 2. The molecule has 2 N–H and O–H groups in total. The number of rotatable bonds is 4. The highest BCUT2D eigenvalue weighted by molar-refractivity contribution is 5.97. The second-order valence-corrected chi connectivity index (χ2v) is 7.79. The first-order valence-electron chi connectivity index (χ1n) is 10.2. The Labute approximate surface area is 170 Å². The average Bonchev–Trinajstić information content (AvgIpc) is 2.94. The van der Waals surface area contributed by atoms with Crippen molar-refractivity contribution in [2.24, 2.45) is 0 Å². The van der Waals surface area contributed by atoms with E-state index in [1.54, 1.807) is 24.3 Å². The third-order valence-electron chi connectivity index (χ3n) is 5.74. The summed E-state index contributed by atoms with van der Waals surface area (Å²) in [6, 6.07) is 11.4. The standard InChI is InChI=1S/C23H26N2O4/c1-15-20-13-22-21(28-9-4-10-29-22)12-18(20)7-8-25(15)14-23(27)24-19-6-3-5-17(11-19)16(2)26/h3,5-6,11-13,15H,4,7-10,14H2,1-2H3,(H,24,27)/p+1/t15-/m1/s1. The summed E-state index contributed by atoms with van der Waals surface area (Å²) in [5.41, 5.74) is 3.75. The Morgan fingerprint density at radius 3 is 2.66 bits per heavy atom. The lowest BCUT2D eigenvalue weighted by Crippen LogP contribution is -3.14. The van der Waals surface area contributed by atoms with Gasteiger partial charge in [0.15, 0.2) is 23.8 Å². The number of quaternary nitrogens is 1. The second-order valence-electron chi connectivity index (χ2n) is 7.79. The zero-order valence-electron chi connectivity index (χ0n) is 16.9. The maximum atomic E-state index is 12.6. The molecule has 2 aromatic carbocycles. The molecule has 0 bridgehead atoms. The Bertz CT molecular complexity index is 940. The number of Topliss-reactive ketones (excluding diaryl/α,β-unsaturated/α-hetero) is 1. The first-order valence-corrected chi connectivity index (χ1v) is 10.2. The van der Waals surface area contributed by atoms with Crippen LogP contribution in [0.3, 0.4) is 0 Å². The van der Waals surface area contributed by atoms with Gasteiger partial charge in [-0.3, -0.25) is 9.59 Å². The van der Waals surface area contributed by atoms with Gasteiger partial charge in [-0.25, -0.2) is 0 Å². The molecule has 2 atom stereocenters. The Balaban J connectivity index is 1.46. The first-order chi connectivity index (χ1) is 14.0. The quantitative estimate of drug-likeness (QED) is 0.779. The van der Waals surface area contributed by atoms with Gasteiger partial charge < -0.3 is 19.7 Å². The van der Waals surface area contributed by atoms with Gasteiger partial charge in [-0.1, -0.05) is 12.1 Å². The van der Waals surface area contributed by atoms with Gasteiger partial charge >= 0.3 is 0 Å². The van der Waals surface area contributed by atoms with E-state index in [1.165, 1.54) is 23.0 Å². The number of carbonyl (C=O) groups excluding carboxylic acids is 2. The molecular formula is C23H27N2O4+. The van der Waals surface area contributed by atoms with Crippen molar-refractivity contribution in [3.63, 3.8) is 0 Å². The van der Waals surface area contributed by atoms with Crippen LogP contribution in [0.1, 0.15) is 47.8 Å². The van der Waals surface area contributed by atoms with E-state index in [2.05, 4.69) is 24.4 Å². The van der Waals surface area contributed by atoms with E-state index < -0.39 is 0 Å². The molecule has 2 aliphatic heterocycles. The zero-order chi connectivity index (χ0) is 20.4. The SMILES string of the molecule is CC(=O)c1cccc(NC(=O)C[NH+]2CCc3cc4c(cc3[C@H]2C)OCCCO4)c1. The van der Waals surface area contributed by atoms with Crippen molar-refractivity contribution >= 4 is 17.4 Å². The highest BCUT2D eigenvalue weighted by atomic mass is 16.5. The summed E-state index contributed by atoms with van der Waals surface area (Å²) in [4.78, 5) is 25.4. The first kappa shape index (κ1) is 19.5. The summed E-state index contributed by atoms with van der Waals surface area (Å²) in [7, 11) is 0. The molecule has 2 heterocycles. The molecule has 0 radical (unpaired) electrons. The van der Waals surface area contributed by atoms with Crippen molar-refractivity contribution in [3.05, 3.63) is 53.1 Å². The van der Waals surface area contributed by atoms with Crippen LogP contribution in [0.5, 0.6) is 11.5 Å². The number of benzene rings is 2. The molecule has 0 aliphatic carbocycles. The van der Waals surface area contributed by atoms with E-state index in [-0.39, 0.29) is 17.7 Å². The Morgan fingerprint density at radius 1 is 1.14 bits per heavy atom. The van der Waals surface area contributed by atoms with Crippen molar-refractivity contribution in [1.29, 1.82) is 0 Å². The number of nitrogens with one attached hydrogen (secondary N) is 2. The number of anilines is 1. The number of hydrogen-bond acceptors (Lipinski definition) is 4. The second kappa shape index (κ2) is 8.25. The molecule has 1 amide bonds. The molecule has 0 aromatic heterocycles. The van der Waals surface area contributed by atoms with E-state index in [0.717, 1.165) is 30.9 Å². The lowest BCUT2D eigenvalue weighted by Gasteiger charge is -2.32. The molecule has 6 heteroatoms. The van der Waals surface area contributed by atoms with Crippen molar-refractivity contribution in [1.82, 2.24) is 0 Å². The van der Waals surface area contributed by atoms with Crippen LogP contribution in [0, 0.1) is 0 Å². The van der Waals surface area contributed by atoms with Crippen molar-refractivity contribution in [3.8, 4) is 11.5 Å². The summed E-state index contributed by atoms with van der Waals surface area (Å²) in [6.07, 6.45) is 1.79. The minimum absolute atomic E-state index is 0.0154. The van der Waals surface area contributed by atoms with E-state index in [0.29, 0.717) is 31.0 Å². The van der Waals surface area contributed by atoms with Gasteiger partial charge in [0.05, 0.1) is 19.8 Å². The maximum Gasteiger partial charge on any atom is 0.279 e. The highest BCUT2D eigenvalue weighted by Gasteiger charge is 2.31. The Kier molecular flexibility index (Phi) is 5.53. The van der Waals surface area contributed by atoms with Gasteiger partial charge in [-0.2, -0.15) is 0 Å². The monoisotopic (exact) mass is 395 g/mol. The minimum Gasteiger partial charge on any atom is -0.490 e. The van der Waals surface area contributed by atoms with E-state index in [4.69, 9.17) is 9.47 Å². The molecule has 6 nitrogen and oxygen atoms in total. The van der Waals surface area contributed by atoms with Gasteiger partial charge in [0.1, 0.15) is 6.04 Å². The largest absolute Gasteiger partial charge is 0.490 e. The van der Waals surface area contributed by atoms with Gasteiger partial charge in [-0.15, -0.1) is 0 Å². The van der Waals surface area contributed by atoms with Crippen LogP contribution in [0.25, 0.3) is 0 Å². The molecule has 152 valence electrons. The average molecular weight is 395 g/mol. The van der Waals surface area contributed by atoms with Crippen LogP contribution in [0.4, 0.5) is 5.69 Å². The maximum absolute atomic E-state index is 12.6. The third kappa shape index (κ3) is 4.27. The molecular weight excluding hydrogens is 368 g/mol. The van der Waals surface area contributed by atoms with E-state index in [9.17, 15) is 9.59 Å². The molecule has 4 rings (SSSR count). The lowest BCUT2D eigenvalue weighted by molar-refractivity contribution is -0.924. The molecule has 0 saturated carbocycles. The molecule has 2 aliphatic rings. The van der Waals surface area contributed by atoms with Crippen LogP contribution in [0.15, 0.2) is 36.4 Å². The van der Waals surface area contributed by atoms with Gasteiger partial charge in [-0.05, 0) is 43.7 Å². The fourth-order valence-corrected chi connectivity index (χ4v) is 4.09. The van der Waals surface area contributed by atoms with Gasteiger partial charge in [0.2, 0.25) is 0 Å². The van der Waals surface area contributed by atoms with Crippen LogP contribution in [0.2, 0.25) is 0 Å². The van der Waals surface area contributed by atoms with Crippen molar-refractivity contribution in [2.45, 2.75) is 32.7 Å². The minimum atomic E-state index is -0.0506. The topological polar surface area (TPSA) is 69.1 Å². The molecule has 0 spiro atoms. The summed E-state index contributed by atoms with van der Waals surface area (Å²) < 4.78 is 11.7. The molecule has 1 unspecified atom stereocenters. The predicted molar refractivity (Wildman–Crippen MR) is 110 cm³/mol. The summed E-state index contributed by atoms with van der Waals surface area (Å²) in [5, 5.41) is 2.93. The predicted octanol–water partition coefficient (Wildman–Crippen LogP) is 2.19. The van der Waals surface area contributed by atoms with Crippen LogP contribution in [-0.4, -0.2) is 38.0 Å². The fourth-order valence-electron chi connectivity index (χ4n) is 4.09. The van der Waals surface area contributed by atoms with Gasteiger partial charge in [0, 0.05) is 29.7 Å². The van der Waals surface area contributed by atoms with Crippen molar-refractivity contribution < 1.29 is 24.0 Å². The number of ether oxygens (including phenoxy) is 2. The number of amides is 1. The van der Waals surface area contributed by atoms with Crippen LogP contribution >= 0.6 is 0 Å². The Morgan fingerprint density at radius 2 is 1.90 bits per heavy atom. The fraction of sp³-hybridized carbons (Fsp3) is 0.391. The Hall–Kier alpha value is -2.86. The van der Waals surface area contributed by atoms with Crippen LogP contribution in [-0.2, 0) is 11.2 Å². The summed E-state index contributed by atoms with van der Waals surface area (Å²) in [5.74, 6) is 1.57. The summed E-state index contributed by atoms with van der Waals surface area (Å²) >= 11 is 0. The molecule has 29 heavy (non-hydrogen) atoms. The van der Waals surface area contributed by atoms with Gasteiger partial charge in [0.25, 0.3) is 5.91 Å².